The highest BCUT2D eigenvalue weighted by Crippen LogP contribution is 2.35. The van der Waals surface area contributed by atoms with Crippen LogP contribution in [0.15, 0.2) is 59.6 Å². The summed E-state index contributed by atoms with van der Waals surface area (Å²) in [7, 11) is -2.04. The number of methoxy groups -OCH3 is 2. The number of ether oxygens (including phenoxy) is 2. The maximum Gasteiger partial charge on any atom is 0.337 e. The second-order valence-corrected chi connectivity index (χ2v) is 8.06. The Morgan fingerprint density at radius 1 is 1.13 bits per heavy atom. The first-order valence-electron chi connectivity index (χ1n) is 8.46. The van der Waals surface area contributed by atoms with Crippen LogP contribution in [0.1, 0.15) is 10.4 Å². The highest BCUT2D eigenvalue weighted by atomic mass is 35.5. The number of carbonyl (C=O) groups is 1. The van der Waals surface area contributed by atoms with Gasteiger partial charge in [0.1, 0.15) is 4.90 Å². The Labute approximate surface area is 177 Å². The molecule has 0 fully saturated rings. The summed E-state index contributed by atoms with van der Waals surface area (Å²) in [6.45, 7) is 0. The number of aromatic nitrogens is 1. The van der Waals surface area contributed by atoms with Gasteiger partial charge in [0, 0.05) is 5.56 Å². The molecule has 30 heavy (non-hydrogen) atoms. The quantitative estimate of drug-likeness (QED) is 0.567. The van der Waals surface area contributed by atoms with Crippen molar-refractivity contribution in [3.63, 3.8) is 0 Å². The normalized spacial score (nSPS) is 11.1. The van der Waals surface area contributed by atoms with Crippen molar-refractivity contribution in [2.75, 3.05) is 18.9 Å². The third-order valence-electron chi connectivity index (χ3n) is 4.09. The van der Waals surface area contributed by atoms with Gasteiger partial charge in [0.15, 0.2) is 11.6 Å². The number of nitrogens with one attached hydrogen (secondary N) is 1. The van der Waals surface area contributed by atoms with E-state index in [0.29, 0.717) is 11.3 Å². The number of carbonyl (C=O) groups excluding carboxylic acids is 1. The Morgan fingerprint density at radius 2 is 1.83 bits per heavy atom. The summed E-state index contributed by atoms with van der Waals surface area (Å²) in [5.74, 6) is -1.88. The van der Waals surface area contributed by atoms with Crippen LogP contribution in [0, 0.1) is 5.82 Å². The predicted octanol–water partition coefficient (Wildman–Crippen LogP) is 4.14. The molecule has 0 aliphatic heterocycles. The minimum Gasteiger partial charge on any atom is -0.494 e. The molecule has 0 unspecified atom stereocenters. The molecule has 1 aromatic heterocycles. The van der Waals surface area contributed by atoms with E-state index in [2.05, 4.69) is 14.4 Å². The molecule has 3 aromatic rings. The lowest BCUT2D eigenvalue weighted by Gasteiger charge is -2.15. The van der Waals surface area contributed by atoms with Crippen molar-refractivity contribution in [2.45, 2.75) is 4.90 Å². The summed E-state index contributed by atoms with van der Waals surface area (Å²) >= 11 is 6.07. The number of rotatable bonds is 6. The van der Waals surface area contributed by atoms with Gasteiger partial charge in [-0.25, -0.2) is 17.6 Å². The fourth-order valence-corrected chi connectivity index (χ4v) is 4.31. The average molecular weight is 451 g/mol. The molecule has 0 spiro atoms. The maximum atomic E-state index is 14.3. The monoisotopic (exact) mass is 450 g/mol. The minimum atomic E-state index is -4.40. The largest absolute Gasteiger partial charge is 0.494 e. The first-order valence-corrected chi connectivity index (χ1v) is 10.3. The zero-order valence-electron chi connectivity index (χ0n) is 15.8. The van der Waals surface area contributed by atoms with Crippen LogP contribution in [-0.2, 0) is 14.8 Å². The number of hydrogen-bond donors (Lipinski definition) is 1. The van der Waals surface area contributed by atoms with Crippen molar-refractivity contribution in [2.24, 2.45) is 0 Å². The van der Waals surface area contributed by atoms with Crippen molar-refractivity contribution in [1.82, 2.24) is 4.98 Å². The third-order valence-corrected chi connectivity index (χ3v) is 5.75. The van der Waals surface area contributed by atoms with Crippen molar-refractivity contribution in [1.29, 1.82) is 0 Å². The number of sulfonamides is 1. The molecule has 0 radical (unpaired) electrons. The fourth-order valence-electron chi connectivity index (χ4n) is 2.69. The standard InChI is InChI=1S/C20H16ClFN2O5S/c1-28-19-14(21)8-13(20(25)29-2)9-18(19)30(26,27)24-17-10-16(23-11-15(17)22)12-6-4-3-5-7-12/h3-11H,1-2H3,(H,23,24). The fraction of sp³-hybridized carbons (Fsp3) is 0.100. The van der Waals surface area contributed by atoms with E-state index < -0.39 is 26.7 Å². The van der Waals surface area contributed by atoms with Crippen LogP contribution in [0.25, 0.3) is 11.3 Å². The Balaban J connectivity index is 2.07. The lowest BCUT2D eigenvalue weighted by molar-refractivity contribution is 0.0600. The molecule has 0 atom stereocenters. The summed E-state index contributed by atoms with van der Waals surface area (Å²) in [6, 6.07) is 12.4. The molecule has 1 heterocycles. The average Bonchev–Trinajstić information content (AvgIpc) is 2.74. The smallest absolute Gasteiger partial charge is 0.337 e. The Bertz CT molecular complexity index is 1200. The van der Waals surface area contributed by atoms with Gasteiger partial charge in [0.05, 0.1) is 42.4 Å². The van der Waals surface area contributed by atoms with E-state index in [9.17, 15) is 17.6 Å². The minimum absolute atomic E-state index is 0.108. The van der Waals surface area contributed by atoms with Gasteiger partial charge >= 0.3 is 5.97 Å². The van der Waals surface area contributed by atoms with Crippen molar-refractivity contribution in [3.05, 3.63) is 71.1 Å². The van der Waals surface area contributed by atoms with E-state index in [1.165, 1.54) is 19.2 Å². The van der Waals surface area contributed by atoms with E-state index in [-0.39, 0.29) is 22.0 Å². The number of nitrogens with zero attached hydrogens (tertiary/aromatic N) is 1. The summed E-state index contributed by atoms with van der Waals surface area (Å²) in [4.78, 5) is 15.4. The van der Waals surface area contributed by atoms with Crippen molar-refractivity contribution >= 4 is 33.3 Å². The molecule has 7 nitrogen and oxygen atoms in total. The number of hydrogen-bond acceptors (Lipinski definition) is 6. The molecule has 0 bridgehead atoms. The van der Waals surface area contributed by atoms with E-state index in [4.69, 9.17) is 16.3 Å². The van der Waals surface area contributed by atoms with Gasteiger partial charge in [-0.1, -0.05) is 41.9 Å². The van der Waals surface area contributed by atoms with Crippen molar-refractivity contribution in [3.8, 4) is 17.0 Å². The van der Waals surface area contributed by atoms with Gasteiger partial charge < -0.3 is 9.47 Å². The molecule has 10 heteroatoms. The SMILES string of the molecule is COC(=O)c1cc(Cl)c(OC)c(S(=O)(=O)Nc2cc(-c3ccccc3)ncc2F)c1. The van der Waals surface area contributed by atoms with Gasteiger partial charge in [0.25, 0.3) is 10.0 Å². The van der Waals surface area contributed by atoms with Gasteiger partial charge in [-0.3, -0.25) is 9.71 Å². The second kappa shape index (κ2) is 8.68. The molecule has 0 aliphatic carbocycles. The van der Waals surface area contributed by atoms with Crippen LogP contribution < -0.4 is 9.46 Å². The maximum absolute atomic E-state index is 14.3. The Hall–Kier alpha value is -3.17. The summed E-state index contributed by atoms with van der Waals surface area (Å²) < 4.78 is 52.2. The molecule has 1 N–H and O–H groups in total. The molecular weight excluding hydrogens is 435 g/mol. The second-order valence-electron chi connectivity index (χ2n) is 6.00. The number of pyridine rings is 1. The molecule has 156 valence electrons. The van der Waals surface area contributed by atoms with Gasteiger partial charge in [-0.15, -0.1) is 0 Å². The highest BCUT2D eigenvalue weighted by molar-refractivity contribution is 7.92. The van der Waals surface area contributed by atoms with Crippen LogP contribution in [0.2, 0.25) is 5.02 Å². The summed E-state index contributed by atoms with van der Waals surface area (Å²) in [6.07, 6.45) is 0.912. The summed E-state index contributed by atoms with van der Waals surface area (Å²) in [5.41, 5.74) is 0.601. The van der Waals surface area contributed by atoms with Crippen LogP contribution in [0.4, 0.5) is 10.1 Å². The van der Waals surface area contributed by atoms with Crippen LogP contribution in [-0.4, -0.2) is 33.6 Å². The van der Waals surface area contributed by atoms with Crippen molar-refractivity contribution < 1.29 is 27.1 Å². The number of esters is 1. The Kier molecular flexibility index (Phi) is 6.23. The van der Waals surface area contributed by atoms with Crippen LogP contribution in [0.5, 0.6) is 5.75 Å². The predicted molar refractivity (Wildman–Crippen MR) is 110 cm³/mol. The highest BCUT2D eigenvalue weighted by Gasteiger charge is 2.26. The first-order chi connectivity index (χ1) is 14.3. The van der Waals surface area contributed by atoms with E-state index >= 15 is 0 Å². The summed E-state index contributed by atoms with van der Waals surface area (Å²) in [5, 5.41) is -0.124. The molecular formula is C20H16ClFN2O5S. The molecule has 0 amide bonds. The number of benzene rings is 2. The Morgan fingerprint density at radius 3 is 2.47 bits per heavy atom. The zero-order chi connectivity index (χ0) is 21.9. The van der Waals surface area contributed by atoms with Gasteiger partial charge in [-0.2, -0.15) is 0 Å². The number of halogens is 2. The lowest BCUT2D eigenvalue weighted by Crippen LogP contribution is -2.16. The molecule has 0 saturated carbocycles. The van der Waals surface area contributed by atoms with Gasteiger partial charge in [-0.05, 0) is 18.2 Å². The van der Waals surface area contributed by atoms with E-state index in [0.717, 1.165) is 19.4 Å². The van der Waals surface area contributed by atoms with Crippen LogP contribution in [0.3, 0.4) is 0 Å². The lowest BCUT2D eigenvalue weighted by atomic mass is 10.1. The van der Waals surface area contributed by atoms with Gasteiger partial charge in [0.2, 0.25) is 0 Å². The van der Waals surface area contributed by atoms with E-state index in [1.807, 2.05) is 0 Å². The van der Waals surface area contributed by atoms with E-state index in [1.54, 1.807) is 30.3 Å². The zero-order valence-corrected chi connectivity index (χ0v) is 17.4. The van der Waals surface area contributed by atoms with Crippen LogP contribution >= 0.6 is 11.6 Å². The molecule has 0 aliphatic rings. The topological polar surface area (TPSA) is 94.6 Å². The number of anilines is 1. The molecule has 3 rings (SSSR count). The molecule has 2 aromatic carbocycles. The first kappa shape index (κ1) is 21.5. The molecule has 0 saturated heterocycles. The third kappa shape index (κ3) is 4.37.